The van der Waals surface area contributed by atoms with Crippen LogP contribution < -0.4 is 0 Å². The summed E-state index contributed by atoms with van der Waals surface area (Å²) in [4.78, 5) is 27.4. The summed E-state index contributed by atoms with van der Waals surface area (Å²) < 4.78 is 0. The van der Waals surface area contributed by atoms with Crippen molar-refractivity contribution in [2.45, 2.75) is 20.8 Å². The van der Waals surface area contributed by atoms with Gasteiger partial charge in [-0.15, -0.1) is 0 Å². The van der Waals surface area contributed by atoms with Crippen LogP contribution in [-0.4, -0.2) is 34.3 Å². The second kappa shape index (κ2) is 5.52. The number of hydrogen-bond donors (Lipinski definition) is 0. The molecule has 1 amide bonds. The first-order valence-corrected chi connectivity index (χ1v) is 6.05. The molecule has 0 atom stereocenters. The van der Waals surface area contributed by atoms with Crippen molar-refractivity contribution in [2.75, 3.05) is 13.6 Å². The molecule has 1 aromatic heterocycles. The minimum absolute atomic E-state index is 0.0311. The number of hydrogen-bond acceptors (Lipinski definition) is 4. The number of nitrogens with zero attached hydrogens (tertiary/aromatic N) is 3. The fourth-order valence-electron chi connectivity index (χ4n) is 1.68. The zero-order valence-electron chi connectivity index (χ0n) is 11.3. The maximum atomic E-state index is 12.2. The van der Waals surface area contributed by atoms with Crippen molar-refractivity contribution in [3.63, 3.8) is 0 Å². The van der Waals surface area contributed by atoms with Crippen LogP contribution in [0.2, 0.25) is 5.15 Å². The van der Waals surface area contributed by atoms with Crippen molar-refractivity contribution in [1.82, 2.24) is 9.88 Å². The van der Waals surface area contributed by atoms with Gasteiger partial charge in [0.25, 0.3) is 11.6 Å². The molecule has 0 saturated heterocycles. The first-order chi connectivity index (χ1) is 8.61. The van der Waals surface area contributed by atoms with E-state index in [1.807, 2.05) is 20.8 Å². The molecular formula is C12H16ClN3O3. The summed E-state index contributed by atoms with van der Waals surface area (Å²) in [5, 5.41) is 10.7. The van der Waals surface area contributed by atoms with Crippen molar-refractivity contribution in [3.05, 3.63) is 33.1 Å². The van der Waals surface area contributed by atoms with E-state index in [-0.39, 0.29) is 27.7 Å². The number of pyridine rings is 1. The van der Waals surface area contributed by atoms with Gasteiger partial charge >= 0.3 is 0 Å². The Kier molecular flexibility index (Phi) is 4.47. The van der Waals surface area contributed by atoms with Gasteiger partial charge in [-0.25, -0.2) is 4.98 Å². The lowest BCUT2D eigenvalue weighted by molar-refractivity contribution is -0.385. The van der Waals surface area contributed by atoms with Crippen molar-refractivity contribution < 1.29 is 9.72 Å². The van der Waals surface area contributed by atoms with Crippen molar-refractivity contribution in [3.8, 4) is 0 Å². The summed E-state index contributed by atoms with van der Waals surface area (Å²) in [6.07, 6.45) is 1.03. The standard InChI is InChI=1S/C12H16ClN3O3/c1-12(2,3)7-15(4)11(17)9-5-8(16(18)19)6-14-10(9)13/h5-6H,7H2,1-4H3. The molecule has 0 spiro atoms. The van der Waals surface area contributed by atoms with E-state index in [4.69, 9.17) is 11.6 Å². The van der Waals surface area contributed by atoms with Gasteiger partial charge in [0.2, 0.25) is 0 Å². The Balaban J connectivity index is 3.05. The monoisotopic (exact) mass is 285 g/mol. The highest BCUT2D eigenvalue weighted by Crippen LogP contribution is 2.22. The summed E-state index contributed by atoms with van der Waals surface area (Å²) >= 11 is 5.83. The lowest BCUT2D eigenvalue weighted by atomic mass is 9.96. The molecule has 0 aliphatic heterocycles. The molecule has 1 heterocycles. The molecule has 0 aliphatic rings. The van der Waals surface area contributed by atoms with Gasteiger partial charge in [-0.1, -0.05) is 32.4 Å². The molecule has 0 aromatic carbocycles. The van der Waals surface area contributed by atoms with E-state index in [0.717, 1.165) is 12.3 Å². The van der Waals surface area contributed by atoms with E-state index in [9.17, 15) is 14.9 Å². The number of nitro groups is 1. The molecule has 7 heteroatoms. The molecule has 6 nitrogen and oxygen atoms in total. The third-order valence-electron chi connectivity index (χ3n) is 2.32. The van der Waals surface area contributed by atoms with Gasteiger partial charge in [0.05, 0.1) is 10.5 Å². The lowest BCUT2D eigenvalue weighted by Gasteiger charge is -2.26. The largest absolute Gasteiger partial charge is 0.341 e. The Morgan fingerprint density at radius 1 is 1.53 bits per heavy atom. The van der Waals surface area contributed by atoms with Crippen LogP contribution >= 0.6 is 11.6 Å². The average molecular weight is 286 g/mol. The van der Waals surface area contributed by atoms with Crippen LogP contribution in [0.3, 0.4) is 0 Å². The van der Waals surface area contributed by atoms with Gasteiger partial charge in [0, 0.05) is 19.7 Å². The number of halogens is 1. The summed E-state index contributed by atoms with van der Waals surface area (Å²) in [5.74, 6) is -0.379. The number of aromatic nitrogens is 1. The highest BCUT2D eigenvalue weighted by atomic mass is 35.5. The second-order valence-corrected chi connectivity index (χ2v) is 5.87. The van der Waals surface area contributed by atoms with Crippen LogP contribution in [0.4, 0.5) is 5.69 Å². The first-order valence-electron chi connectivity index (χ1n) is 5.67. The minimum Gasteiger partial charge on any atom is -0.341 e. The fourth-order valence-corrected chi connectivity index (χ4v) is 1.86. The highest BCUT2D eigenvalue weighted by Gasteiger charge is 2.23. The number of carbonyl (C=O) groups excluding carboxylic acids is 1. The molecule has 1 aromatic rings. The van der Waals surface area contributed by atoms with Gasteiger partial charge < -0.3 is 4.90 Å². The van der Waals surface area contributed by atoms with Gasteiger partial charge in [0.1, 0.15) is 11.3 Å². The number of carbonyl (C=O) groups is 1. The topological polar surface area (TPSA) is 76.3 Å². The first kappa shape index (κ1) is 15.4. The van der Waals surface area contributed by atoms with E-state index < -0.39 is 4.92 Å². The van der Waals surface area contributed by atoms with E-state index in [2.05, 4.69) is 4.98 Å². The molecule has 0 bridgehead atoms. The highest BCUT2D eigenvalue weighted by molar-refractivity contribution is 6.32. The van der Waals surface area contributed by atoms with Crippen LogP contribution in [-0.2, 0) is 0 Å². The van der Waals surface area contributed by atoms with Crippen molar-refractivity contribution in [1.29, 1.82) is 0 Å². The molecule has 0 saturated carbocycles. The smallest absolute Gasteiger partial charge is 0.288 e. The average Bonchev–Trinajstić information content (AvgIpc) is 2.26. The minimum atomic E-state index is -0.607. The molecule has 0 fully saturated rings. The Morgan fingerprint density at radius 3 is 2.58 bits per heavy atom. The predicted octanol–water partition coefficient (Wildman–Crippen LogP) is 2.76. The molecule has 0 N–H and O–H groups in total. The molecule has 0 unspecified atom stereocenters. The van der Waals surface area contributed by atoms with E-state index in [0.29, 0.717) is 6.54 Å². The molecule has 104 valence electrons. The van der Waals surface area contributed by atoms with Gasteiger partial charge in [0.15, 0.2) is 0 Å². The van der Waals surface area contributed by atoms with Crippen LogP contribution in [0, 0.1) is 15.5 Å². The maximum Gasteiger partial charge on any atom is 0.288 e. The van der Waals surface area contributed by atoms with E-state index >= 15 is 0 Å². The summed E-state index contributed by atoms with van der Waals surface area (Å²) in [6.45, 7) is 6.48. The third kappa shape index (κ3) is 4.17. The van der Waals surface area contributed by atoms with Crippen LogP contribution in [0.5, 0.6) is 0 Å². The fraction of sp³-hybridized carbons (Fsp3) is 0.500. The molecule has 1 rings (SSSR count). The predicted molar refractivity (Wildman–Crippen MR) is 72.3 cm³/mol. The number of rotatable bonds is 3. The lowest BCUT2D eigenvalue weighted by Crippen LogP contribution is -2.34. The Hall–Kier alpha value is -1.69. The zero-order valence-corrected chi connectivity index (χ0v) is 12.1. The van der Waals surface area contributed by atoms with Crippen LogP contribution in [0.15, 0.2) is 12.3 Å². The quantitative estimate of drug-likeness (QED) is 0.486. The van der Waals surface area contributed by atoms with Gasteiger partial charge in [-0.2, -0.15) is 0 Å². The van der Waals surface area contributed by atoms with E-state index in [1.54, 1.807) is 7.05 Å². The van der Waals surface area contributed by atoms with Crippen molar-refractivity contribution >= 4 is 23.2 Å². The van der Waals surface area contributed by atoms with Crippen molar-refractivity contribution in [2.24, 2.45) is 5.41 Å². The second-order valence-electron chi connectivity index (χ2n) is 5.51. The van der Waals surface area contributed by atoms with Crippen LogP contribution in [0.1, 0.15) is 31.1 Å². The summed E-state index contributed by atoms with van der Waals surface area (Å²) in [7, 11) is 1.63. The maximum absolute atomic E-state index is 12.2. The van der Waals surface area contributed by atoms with Crippen LogP contribution in [0.25, 0.3) is 0 Å². The normalized spacial score (nSPS) is 11.2. The molecule has 19 heavy (non-hydrogen) atoms. The molecular weight excluding hydrogens is 270 g/mol. The third-order valence-corrected chi connectivity index (χ3v) is 2.63. The Labute approximate surface area is 116 Å². The summed E-state index contributed by atoms with van der Waals surface area (Å²) in [5.41, 5.74) is -0.287. The Morgan fingerprint density at radius 2 is 2.11 bits per heavy atom. The van der Waals surface area contributed by atoms with Gasteiger partial charge in [-0.05, 0) is 5.41 Å². The summed E-state index contributed by atoms with van der Waals surface area (Å²) in [6, 6.07) is 1.15. The van der Waals surface area contributed by atoms with E-state index in [1.165, 1.54) is 4.90 Å². The number of amides is 1. The molecule has 0 radical (unpaired) electrons. The SMILES string of the molecule is CN(CC(C)(C)C)C(=O)c1cc([N+](=O)[O-])cnc1Cl. The van der Waals surface area contributed by atoms with Gasteiger partial charge in [-0.3, -0.25) is 14.9 Å². The molecule has 0 aliphatic carbocycles. The Bertz CT molecular complexity index is 511. The zero-order chi connectivity index (χ0) is 14.8.